The maximum atomic E-state index is 13.6. The Balaban J connectivity index is 0.902. The van der Waals surface area contributed by atoms with E-state index in [4.69, 9.17) is 24.8 Å². The van der Waals surface area contributed by atoms with Gasteiger partial charge in [0.05, 0.1) is 24.7 Å². The van der Waals surface area contributed by atoms with E-state index in [1.165, 1.54) is 16.3 Å². The highest BCUT2D eigenvalue weighted by Crippen LogP contribution is 2.75. The van der Waals surface area contributed by atoms with Gasteiger partial charge in [0.25, 0.3) is 5.56 Å². The van der Waals surface area contributed by atoms with Gasteiger partial charge < -0.3 is 14.8 Å². The molecule has 5 fully saturated rings. The second-order valence-electron chi connectivity index (χ2n) is 21.9. The van der Waals surface area contributed by atoms with Crippen LogP contribution in [0, 0.1) is 57.2 Å². The van der Waals surface area contributed by atoms with Crippen LogP contribution < -0.4 is 16.6 Å². The summed E-state index contributed by atoms with van der Waals surface area (Å²) in [5, 5.41) is 7.18. The zero-order chi connectivity index (χ0) is 45.0. The highest BCUT2D eigenvalue weighted by atomic mass is 17.2. The third kappa shape index (κ3) is 7.86. The fourth-order valence-electron chi connectivity index (χ4n) is 14.1. The molecule has 1 saturated heterocycles. The van der Waals surface area contributed by atoms with Crippen molar-refractivity contribution >= 4 is 17.8 Å². The fraction of sp³-hybridized carbons (Fsp3) is 0.809. The summed E-state index contributed by atoms with van der Waals surface area (Å²) in [5.74, 6) is 0.577. The van der Waals surface area contributed by atoms with E-state index in [2.05, 4.69) is 74.9 Å². The van der Waals surface area contributed by atoms with Gasteiger partial charge in [-0.15, -0.1) is 0 Å². The number of ether oxygens (including phenoxy) is 2. The van der Waals surface area contributed by atoms with Gasteiger partial charge in [-0.05, 0) is 134 Å². The van der Waals surface area contributed by atoms with Crippen LogP contribution in [0.25, 0.3) is 10.4 Å². The first-order valence-electron chi connectivity index (χ1n) is 23.1. The zero-order valence-electron chi connectivity index (χ0n) is 38.5. The van der Waals surface area contributed by atoms with E-state index in [-0.39, 0.29) is 70.4 Å². The summed E-state index contributed by atoms with van der Waals surface area (Å²) in [7, 11) is 1.57. The van der Waals surface area contributed by atoms with E-state index in [1.54, 1.807) is 14.0 Å². The number of aryl methyl sites for hydroxylation is 1. The summed E-state index contributed by atoms with van der Waals surface area (Å²) in [4.78, 5) is 79.0. The third-order valence-electron chi connectivity index (χ3n) is 17.9. The number of amides is 1. The number of carbonyl (C=O) groups is 3. The number of methoxy groups -OCH3 is 1. The average Bonchev–Trinajstić information content (AvgIpc) is 3.60. The number of allylic oxidation sites excluding steroid dienone is 2. The lowest BCUT2D eigenvalue weighted by molar-refractivity contribution is -0.284. The van der Waals surface area contributed by atoms with Crippen LogP contribution >= 0.6 is 0 Å². The minimum Gasteiger partial charge on any atom is -0.469 e. The van der Waals surface area contributed by atoms with Crippen molar-refractivity contribution in [3.8, 4) is 0 Å². The van der Waals surface area contributed by atoms with Gasteiger partial charge in [-0.3, -0.25) is 28.8 Å². The van der Waals surface area contributed by atoms with Crippen LogP contribution in [0.15, 0.2) is 32.5 Å². The zero-order valence-corrected chi connectivity index (χ0v) is 38.5. The lowest BCUT2D eigenvalue weighted by atomic mass is 9.33. The lowest BCUT2D eigenvalue weighted by Gasteiger charge is -2.71. The number of esters is 1. The number of hydrogen-bond donors (Lipinski definition) is 2. The third-order valence-corrected chi connectivity index (χ3v) is 17.9. The van der Waals surface area contributed by atoms with Crippen molar-refractivity contribution in [2.75, 3.05) is 13.7 Å². The van der Waals surface area contributed by atoms with Crippen LogP contribution in [0.4, 0.5) is 0 Å². The molecule has 15 nitrogen and oxygen atoms in total. The van der Waals surface area contributed by atoms with E-state index in [9.17, 15) is 24.0 Å². The Bertz CT molecular complexity index is 2120. The Hall–Kier alpha value is -3.94. The van der Waals surface area contributed by atoms with Crippen molar-refractivity contribution in [1.82, 2.24) is 14.9 Å². The predicted molar refractivity (Wildman–Crippen MR) is 231 cm³/mol. The van der Waals surface area contributed by atoms with Crippen LogP contribution in [-0.2, 0) is 33.6 Å². The molecule has 0 spiro atoms. The van der Waals surface area contributed by atoms with Crippen molar-refractivity contribution in [3.63, 3.8) is 0 Å². The van der Waals surface area contributed by atoms with Crippen molar-refractivity contribution in [2.24, 2.45) is 55.4 Å². The lowest BCUT2D eigenvalue weighted by Crippen LogP contribution is -2.66. The molecule has 1 aromatic rings. The van der Waals surface area contributed by atoms with E-state index in [1.807, 2.05) is 0 Å². The average molecular weight is 863 g/mol. The Kier molecular flexibility index (Phi) is 12.5. The molecule has 1 aliphatic heterocycles. The monoisotopic (exact) mass is 863 g/mol. The largest absolute Gasteiger partial charge is 0.469 e. The molecule has 3 unspecified atom stereocenters. The summed E-state index contributed by atoms with van der Waals surface area (Å²) >= 11 is 0. The van der Waals surface area contributed by atoms with Gasteiger partial charge in [-0.1, -0.05) is 65.2 Å². The second-order valence-corrected chi connectivity index (χ2v) is 21.9. The molecule has 62 heavy (non-hydrogen) atoms. The van der Waals surface area contributed by atoms with Gasteiger partial charge in [0.2, 0.25) is 5.91 Å². The molecule has 6 aliphatic rings. The van der Waals surface area contributed by atoms with Crippen LogP contribution in [0.2, 0.25) is 0 Å². The number of aromatic amines is 1. The first-order chi connectivity index (χ1) is 29.2. The van der Waals surface area contributed by atoms with E-state index >= 15 is 0 Å². The smallest absolute Gasteiger partial charge is 0.342 e. The number of azide groups is 1. The van der Waals surface area contributed by atoms with E-state index in [0.717, 1.165) is 64.2 Å². The van der Waals surface area contributed by atoms with Crippen molar-refractivity contribution in [1.29, 1.82) is 0 Å². The summed E-state index contributed by atoms with van der Waals surface area (Å²) in [5.41, 5.74) is 9.68. The van der Waals surface area contributed by atoms with Gasteiger partial charge in [0.15, 0.2) is 0 Å². The number of nitrogens with one attached hydrogen (secondary N) is 2. The number of fused-ring (bicyclic) bond motifs is 7. The molecule has 0 aromatic carbocycles. The molecular formula is C47H70N6O9. The molecule has 2 N–H and O–H groups in total. The van der Waals surface area contributed by atoms with Crippen molar-refractivity contribution in [2.45, 2.75) is 176 Å². The van der Waals surface area contributed by atoms with Crippen molar-refractivity contribution < 1.29 is 33.6 Å². The van der Waals surface area contributed by atoms with Gasteiger partial charge in [0, 0.05) is 42.0 Å². The number of rotatable bonds is 12. The SMILES string of the molecule is COC(=O)[C@]12CCC(C)(C)CC1C1=CCC3[C@@]4(C)CC[C@H](NC(=O)CCCCC(=O)OOC[C@H]5O[C@@H](n6cc(C)c(=O)[nH]c6=O)C[C@@H]5N=[N+]=[N-])C(C)(C)C4CC[C@@]3(C)[C@]1(C)CC2. The molecule has 0 bridgehead atoms. The van der Waals surface area contributed by atoms with Crippen LogP contribution in [0.3, 0.4) is 0 Å². The Morgan fingerprint density at radius 3 is 2.44 bits per heavy atom. The first-order valence-corrected chi connectivity index (χ1v) is 23.1. The second kappa shape index (κ2) is 16.9. The molecule has 1 amide bonds. The number of H-pyrrole nitrogens is 1. The first kappa shape index (κ1) is 46.1. The summed E-state index contributed by atoms with van der Waals surface area (Å²) < 4.78 is 12.7. The van der Waals surface area contributed by atoms with Gasteiger partial charge >= 0.3 is 17.6 Å². The van der Waals surface area contributed by atoms with E-state index in [0.29, 0.717) is 36.7 Å². The minimum absolute atomic E-state index is 0.00443. The number of unbranched alkanes of at least 4 members (excludes halogenated alkanes) is 1. The fourth-order valence-corrected chi connectivity index (χ4v) is 14.1. The summed E-state index contributed by atoms with van der Waals surface area (Å²) in [6.07, 6.45) is 14.0. The predicted octanol–water partition coefficient (Wildman–Crippen LogP) is 8.31. The normalized spacial score (nSPS) is 37.8. The molecule has 7 rings (SSSR count). The maximum absolute atomic E-state index is 13.6. The topological polar surface area (TPSA) is 204 Å². The molecule has 4 saturated carbocycles. The molecule has 1 aromatic heterocycles. The standard InChI is InChI=1S/C47H70N6O9/c1-28-26-53(41(58)50-39(28)56)37-24-31(51-52-48)32(61-37)27-60-62-38(55)13-11-10-12-36(54)49-35-17-18-44(6)33(43(35,4)5)16-19-46(8)34(44)15-14-29-30-25-42(2,3)20-22-47(30,40(57)59-9)23-21-45(29,46)7/h14,26,30-35,37H,10-13,15-25,27H2,1-9H3,(H,49,54)(H,50,56,58)/t30?,31-,32+,33?,34?,35-,37+,44-,45+,46+,47-/m0/s1. The highest BCUT2D eigenvalue weighted by molar-refractivity contribution is 5.79. The molecule has 5 aliphatic carbocycles. The van der Waals surface area contributed by atoms with Crippen LogP contribution in [-0.4, -0.2) is 59.3 Å². The maximum Gasteiger partial charge on any atom is 0.342 e. The molecular weight excluding hydrogens is 793 g/mol. The molecule has 11 atom stereocenters. The minimum atomic E-state index is -0.809. The quantitative estimate of drug-likeness (QED) is 0.0303. The Morgan fingerprint density at radius 1 is 0.984 bits per heavy atom. The number of aromatic nitrogens is 2. The molecule has 342 valence electrons. The van der Waals surface area contributed by atoms with Gasteiger partial charge in [-0.2, -0.15) is 4.89 Å². The highest BCUT2D eigenvalue weighted by Gasteiger charge is 2.69. The Morgan fingerprint density at radius 2 is 1.71 bits per heavy atom. The summed E-state index contributed by atoms with van der Waals surface area (Å²) in [6, 6.07) is -0.638. The van der Waals surface area contributed by atoms with E-state index < -0.39 is 41.0 Å². The number of carbonyl (C=O) groups excluding carboxylic acids is 3. The summed E-state index contributed by atoms with van der Waals surface area (Å²) in [6.45, 7) is 18.5. The van der Waals surface area contributed by atoms with Gasteiger partial charge in [0.1, 0.15) is 12.8 Å². The molecule has 0 radical (unpaired) electrons. The van der Waals surface area contributed by atoms with Crippen LogP contribution in [0.5, 0.6) is 0 Å². The van der Waals surface area contributed by atoms with Crippen molar-refractivity contribution in [3.05, 3.63) is 54.7 Å². The van der Waals surface area contributed by atoms with Gasteiger partial charge in [-0.25, -0.2) is 9.59 Å². The Labute approximate surface area is 365 Å². The molecule has 2 heterocycles. The van der Waals surface area contributed by atoms with Crippen LogP contribution in [0.1, 0.15) is 157 Å². The number of hydrogen-bond acceptors (Lipinski definition) is 10. The molecule has 15 heteroatoms. The number of nitrogens with zero attached hydrogens (tertiary/aromatic N) is 4.